The van der Waals surface area contributed by atoms with Crippen molar-refractivity contribution in [1.29, 1.82) is 0 Å². The number of imide groups is 1. The minimum absolute atomic E-state index is 0.0376. The summed E-state index contributed by atoms with van der Waals surface area (Å²) in [5.74, 6) is -0.248. The Labute approximate surface area is 174 Å². The van der Waals surface area contributed by atoms with E-state index in [4.69, 9.17) is 0 Å². The lowest BCUT2D eigenvalue weighted by atomic mass is 10.1. The zero-order valence-electron chi connectivity index (χ0n) is 16.2. The zero-order chi connectivity index (χ0) is 20.6. The van der Waals surface area contributed by atoms with E-state index >= 15 is 0 Å². The summed E-state index contributed by atoms with van der Waals surface area (Å²) < 4.78 is 27.6. The van der Waals surface area contributed by atoms with Crippen molar-refractivity contribution in [2.45, 2.75) is 36.4 Å². The van der Waals surface area contributed by atoms with Crippen molar-refractivity contribution in [2.75, 3.05) is 24.5 Å². The van der Waals surface area contributed by atoms with Crippen LogP contribution in [0.2, 0.25) is 0 Å². The van der Waals surface area contributed by atoms with Crippen LogP contribution in [0.25, 0.3) is 0 Å². The molecule has 0 saturated carbocycles. The highest BCUT2D eigenvalue weighted by Crippen LogP contribution is 2.30. The highest BCUT2D eigenvalue weighted by Gasteiger charge is 2.42. The standard InChI is InChI=1S/C20H23N3O4S2/c1-2-17-8-9-19(28-17)29(26,27)21-12-10-15(11-13-21)22-14-18(24)23(20(22)25)16-6-4-3-5-7-16/h3-9,15H,2,10-14H2,1H3. The highest BCUT2D eigenvalue weighted by molar-refractivity contribution is 7.91. The summed E-state index contributed by atoms with van der Waals surface area (Å²) in [6, 6.07) is 11.9. The largest absolute Gasteiger partial charge is 0.332 e. The van der Waals surface area contributed by atoms with E-state index in [9.17, 15) is 18.0 Å². The molecule has 3 amide bonds. The van der Waals surface area contributed by atoms with E-state index in [1.54, 1.807) is 35.2 Å². The second kappa shape index (κ2) is 7.89. The summed E-state index contributed by atoms with van der Waals surface area (Å²) in [7, 11) is -3.51. The molecule has 0 N–H and O–H groups in total. The Kier molecular flexibility index (Phi) is 5.46. The number of hydrogen-bond donors (Lipinski definition) is 0. The molecule has 2 aliphatic rings. The maximum atomic E-state index is 12.9. The predicted octanol–water partition coefficient (Wildman–Crippen LogP) is 2.93. The first kappa shape index (κ1) is 20.1. The van der Waals surface area contributed by atoms with Crippen LogP contribution in [-0.4, -0.2) is 55.2 Å². The SMILES string of the molecule is CCc1ccc(S(=O)(=O)N2CCC(N3CC(=O)N(c4ccccc4)C3=O)CC2)s1. The number of sulfonamides is 1. The van der Waals surface area contributed by atoms with Crippen LogP contribution in [0.5, 0.6) is 0 Å². The molecule has 3 heterocycles. The summed E-state index contributed by atoms with van der Waals surface area (Å²) in [4.78, 5) is 29.1. The van der Waals surface area contributed by atoms with Gasteiger partial charge in [0.1, 0.15) is 10.8 Å². The van der Waals surface area contributed by atoms with Gasteiger partial charge in [-0.15, -0.1) is 11.3 Å². The van der Waals surface area contributed by atoms with E-state index in [-0.39, 0.29) is 24.5 Å². The van der Waals surface area contributed by atoms with Gasteiger partial charge in [0.15, 0.2) is 0 Å². The van der Waals surface area contributed by atoms with Crippen LogP contribution < -0.4 is 4.90 Å². The predicted molar refractivity (Wildman–Crippen MR) is 112 cm³/mol. The van der Waals surface area contributed by atoms with Crippen LogP contribution in [-0.2, 0) is 21.2 Å². The van der Waals surface area contributed by atoms with Crippen LogP contribution in [0.4, 0.5) is 10.5 Å². The van der Waals surface area contributed by atoms with Crippen molar-refractivity contribution in [3.8, 4) is 0 Å². The van der Waals surface area contributed by atoms with Gasteiger partial charge in [-0.25, -0.2) is 18.1 Å². The first-order valence-electron chi connectivity index (χ1n) is 9.69. The molecule has 2 aliphatic heterocycles. The zero-order valence-corrected chi connectivity index (χ0v) is 17.8. The Balaban J connectivity index is 1.43. The van der Waals surface area contributed by atoms with E-state index < -0.39 is 10.0 Å². The van der Waals surface area contributed by atoms with Gasteiger partial charge in [-0.1, -0.05) is 25.1 Å². The smallest absolute Gasteiger partial charge is 0.312 e. The Morgan fingerprint density at radius 3 is 2.34 bits per heavy atom. The van der Waals surface area contributed by atoms with E-state index in [1.165, 1.54) is 20.5 Å². The van der Waals surface area contributed by atoms with Crippen molar-refractivity contribution in [3.63, 3.8) is 0 Å². The number of carbonyl (C=O) groups is 2. The third-order valence-corrected chi connectivity index (χ3v) is 9.05. The van der Waals surface area contributed by atoms with Crippen molar-refractivity contribution < 1.29 is 18.0 Å². The van der Waals surface area contributed by atoms with Crippen LogP contribution in [0.3, 0.4) is 0 Å². The molecule has 0 aliphatic carbocycles. The molecule has 9 heteroatoms. The third kappa shape index (κ3) is 3.70. The molecule has 0 atom stereocenters. The lowest BCUT2D eigenvalue weighted by molar-refractivity contribution is -0.116. The Morgan fingerprint density at radius 1 is 1.03 bits per heavy atom. The Hall–Kier alpha value is -2.23. The summed E-state index contributed by atoms with van der Waals surface area (Å²) in [6.07, 6.45) is 1.85. The van der Waals surface area contributed by atoms with Gasteiger partial charge in [0.05, 0.1) is 5.69 Å². The number of anilines is 1. The molecule has 2 aromatic rings. The van der Waals surface area contributed by atoms with Gasteiger partial charge < -0.3 is 4.90 Å². The fraction of sp³-hybridized carbons (Fsp3) is 0.400. The number of rotatable bonds is 5. The number of piperidine rings is 1. The van der Waals surface area contributed by atoms with E-state index in [1.807, 2.05) is 19.1 Å². The minimum atomic E-state index is -3.51. The Bertz CT molecular complexity index is 1010. The van der Waals surface area contributed by atoms with Gasteiger partial charge >= 0.3 is 6.03 Å². The fourth-order valence-corrected chi connectivity index (χ4v) is 6.76. The number of para-hydroxylation sites is 1. The van der Waals surface area contributed by atoms with E-state index in [2.05, 4.69) is 0 Å². The van der Waals surface area contributed by atoms with E-state index in [0.29, 0.717) is 35.8 Å². The second-order valence-electron chi connectivity index (χ2n) is 7.18. The lowest BCUT2D eigenvalue weighted by Crippen LogP contribution is -2.47. The van der Waals surface area contributed by atoms with Gasteiger partial charge in [-0.05, 0) is 43.5 Å². The summed E-state index contributed by atoms with van der Waals surface area (Å²) in [6.45, 7) is 2.72. The number of amides is 3. The number of aryl methyl sites for hydroxylation is 1. The molecule has 0 bridgehead atoms. The normalized spacial score (nSPS) is 19.3. The molecular formula is C20H23N3O4S2. The molecule has 7 nitrogen and oxygen atoms in total. The van der Waals surface area contributed by atoms with Crippen LogP contribution in [0.1, 0.15) is 24.6 Å². The first-order valence-corrected chi connectivity index (χ1v) is 11.9. The first-order chi connectivity index (χ1) is 13.9. The van der Waals surface area contributed by atoms with Crippen LogP contribution in [0.15, 0.2) is 46.7 Å². The highest BCUT2D eigenvalue weighted by atomic mass is 32.2. The van der Waals surface area contributed by atoms with Gasteiger partial charge in [0.25, 0.3) is 15.9 Å². The summed E-state index contributed by atoms with van der Waals surface area (Å²) >= 11 is 1.31. The molecule has 0 unspecified atom stereocenters. The molecule has 0 radical (unpaired) electrons. The van der Waals surface area contributed by atoms with Gasteiger partial charge in [0.2, 0.25) is 0 Å². The molecule has 1 aromatic carbocycles. The number of nitrogens with zero attached hydrogens (tertiary/aromatic N) is 3. The average Bonchev–Trinajstić information content (AvgIpc) is 3.34. The molecule has 1 aromatic heterocycles. The second-order valence-corrected chi connectivity index (χ2v) is 10.5. The number of benzene rings is 1. The molecule has 154 valence electrons. The average molecular weight is 434 g/mol. The number of urea groups is 1. The monoisotopic (exact) mass is 433 g/mol. The van der Waals surface area contributed by atoms with Crippen molar-refractivity contribution in [3.05, 3.63) is 47.3 Å². The number of thiophene rings is 1. The topological polar surface area (TPSA) is 78.0 Å². The van der Waals surface area contributed by atoms with Crippen molar-refractivity contribution in [1.82, 2.24) is 9.21 Å². The molecule has 2 saturated heterocycles. The van der Waals surface area contributed by atoms with E-state index in [0.717, 1.165) is 11.3 Å². The molecule has 4 rings (SSSR count). The van der Waals surface area contributed by atoms with Gasteiger partial charge in [-0.3, -0.25) is 4.79 Å². The maximum Gasteiger partial charge on any atom is 0.332 e. The molecule has 0 spiro atoms. The van der Waals surface area contributed by atoms with Gasteiger partial charge in [-0.2, -0.15) is 4.31 Å². The summed E-state index contributed by atoms with van der Waals surface area (Å²) in [5.41, 5.74) is 0.564. The van der Waals surface area contributed by atoms with Crippen LogP contribution >= 0.6 is 11.3 Å². The maximum absolute atomic E-state index is 12.9. The quantitative estimate of drug-likeness (QED) is 0.680. The van der Waals surface area contributed by atoms with Crippen molar-refractivity contribution in [2.24, 2.45) is 0 Å². The minimum Gasteiger partial charge on any atom is -0.312 e. The van der Waals surface area contributed by atoms with Crippen LogP contribution in [0, 0.1) is 0 Å². The molecular weight excluding hydrogens is 410 g/mol. The lowest BCUT2D eigenvalue weighted by Gasteiger charge is -2.35. The number of hydrogen-bond acceptors (Lipinski definition) is 5. The van der Waals surface area contributed by atoms with Crippen molar-refractivity contribution >= 4 is 39.0 Å². The van der Waals surface area contributed by atoms with Gasteiger partial charge in [0, 0.05) is 24.0 Å². The number of carbonyl (C=O) groups excluding carboxylic acids is 2. The summed E-state index contributed by atoms with van der Waals surface area (Å²) in [5, 5.41) is 0. The molecule has 29 heavy (non-hydrogen) atoms. The molecule has 2 fully saturated rings. The Morgan fingerprint density at radius 2 is 1.72 bits per heavy atom. The fourth-order valence-electron chi connectivity index (χ4n) is 3.84. The third-order valence-electron chi connectivity index (χ3n) is 5.45.